The van der Waals surface area contributed by atoms with Gasteiger partial charge in [-0.05, 0) is 12.3 Å². The predicted octanol–water partition coefficient (Wildman–Crippen LogP) is 4.44. The topological polar surface area (TPSA) is 33.1 Å². The highest BCUT2D eigenvalue weighted by Crippen LogP contribution is 2.33. The van der Waals surface area contributed by atoms with Crippen LogP contribution in [-0.4, -0.2) is 10.1 Å². The summed E-state index contributed by atoms with van der Waals surface area (Å²) in [5.41, 5.74) is 0.975. The molecule has 1 unspecified atom stereocenters. The van der Waals surface area contributed by atoms with Crippen LogP contribution in [0.2, 0.25) is 0 Å². The summed E-state index contributed by atoms with van der Waals surface area (Å²) in [4.78, 5) is 4.62. The predicted molar refractivity (Wildman–Crippen MR) is 77.0 cm³/mol. The molecule has 0 aliphatic heterocycles. The zero-order chi connectivity index (χ0) is 13.2. The summed E-state index contributed by atoms with van der Waals surface area (Å²) in [6.07, 6.45) is 7.15. The summed E-state index contributed by atoms with van der Waals surface area (Å²) >= 11 is 1.68. The SMILES string of the molecule is CC(C)(C)c1nc(C(O)CC2CCCCC2)cs1. The molecule has 0 amide bonds. The zero-order valence-corrected chi connectivity index (χ0v) is 12.6. The third-order valence-electron chi connectivity index (χ3n) is 3.79. The summed E-state index contributed by atoms with van der Waals surface area (Å²) in [5, 5.41) is 13.5. The van der Waals surface area contributed by atoms with Gasteiger partial charge in [0.05, 0.1) is 16.8 Å². The lowest BCUT2D eigenvalue weighted by Gasteiger charge is -2.23. The zero-order valence-electron chi connectivity index (χ0n) is 11.8. The van der Waals surface area contributed by atoms with Gasteiger partial charge in [0.2, 0.25) is 0 Å². The molecule has 0 saturated heterocycles. The van der Waals surface area contributed by atoms with Crippen LogP contribution in [0.5, 0.6) is 0 Å². The van der Waals surface area contributed by atoms with Crippen LogP contribution in [0.15, 0.2) is 5.38 Å². The molecule has 1 N–H and O–H groups in total. The number of hydrogen-bond acceptors (Lipinski definition) is 3. The Morgan fingerprint density at radius 3 is 2.56 bits per heavy atom. The Morgan fingerprint density at radius 1 is 1.33 bits per heavy atom. The number of aliphatic hydroxyl groups excluding tert-OH is 1. The third-order valence-corrected chi connectivity index (χ3v) is 5.07. The van der Waals surface area contributed by atoms with Crippen LogP contribution < -0.4 is 0 Å². The Morgan fingerprint density at radius 2 is 2.00 bits per heavy atom. The normalized spacial score (nSPS) is 20.0. The van der Waals surface area contributed by atoms with Crippen LogP contribution in [0, 0.1) is 5.92 Å². The molecule has 1 aromatic rings. The fraction of sp³-hybridized carbons (Fsp3) is 0.800. The maximum Gasteiger partial charge on any atom is 0.0983 e. The molecule has 2 nitrogen and oxygen atoms in total. The van der Waals surface area contributed by atoms with Crippen LogP contribution >= 0.6 is 11.3 Å². The van der Waals surface area contributed by atoms with Gasteiger partial charge in [0, 0.05) is 10.8 Å². The number of aromatic nitrogens is 1. The fourth-order valence-corrected chi connectivity index (χ4v) is 3.60. The Hall–Kier alpha value is -0.410. The van der Waals surface area contributed by atoms with Crippen LogP contribution in [-0.2, 0) is 5.41 Å². The molecule has 1 aliphatic rings. The second kappa shape index (κ2) is 5.70. The van der Waals surface area contributed by atoms with E-state index in [1.807, 2.05) is 5.38 Å². The Kier molecular flexibility index (Phi) is 4.44. The van der Waals surface area contributed by atoms with E-state index in [9.17, 15) is 5.11 Å². The van der Waals surface area contributed by atoms with Gasteiger partial charge in [-0.2, -0.15) is 0 Å². The summed E-state index contributed by atoms with van der Waals surface area (Å²) in [6, 6.07) is 0. The minimum Gasteiger partial charge on any atom is -0.387 e. The summed E-state index contributed by atoms with van der Waals surface area (Å²) in [5.74, 6) is 0.702. The second-order valence-electron chi connectivity index (χ2n) is 6.58. The van der Waals surface area contributed by atoms with E-state index in [2.05, 4.69) is 25.8 Å². The largest absolute Gasteiger partial charge is 0.387 e. The first-order chi connectivity index (χ1) is 8.47. The molecule has 102 valence electrons. The van der Waals surface area contributed by atoms with E-state index in [-0.39, 0.29) is 11.5 Å². The highest BCUT2D eigenvalue weighted by Gasteiger charge is 2.23. The first-order valence-corrected chi connectivity index (χ1v) is 7.99. The van der Waals surface area contributed by atoms with Crippen molar-refractivity contribution in [1.82, 2.24) is 4.98 Å². The van der Waals surface area contributed by atoms with Gasteiger partial charge >= 0.3 is 0 Å². The molecule has 0 radical (unpaired) electrons. The maximum atomic E-state index is 10.3. The minimum atomic E-state index is -0.361. The van der Waals surface area contributed by atoms with Gasteiger partial charge in [0.1, 0.15) is 0 Å². The van der Waals surface area contributed by atoms with Gasteiger partial charge in [-0.3, -0.25) is 0 Å². The van der Waals surface area contributed by atoms with Crippen molar-refractivity contribution >= 4 is 11.3 Å². The van der Waals surface area contributed by atoms with Gasteiger partial charge in [-0.15, -0.1) is 11.3 Å². The lowest BCUT2D eigenvalue weighted by atomic mass is 9.85. The fourth-order valence-electron chi connectivity index (χ4n) is 2.64. The molecule has 1 fully saturated rings. The average Bonchev–Trinajstić information content (AvgIpc) is 2.79. The molecule has 1 aromatic heterocycles. The van der Waals surface area contributed by atoms with E-state index in [4.69, 9.17) is 0 Å². The third kappa shape index (κ3) is 3.55. The van der Waals surface area contributed by atoms with Crippen LogP contribution in [0.1, 0.15) is 76.1 Å². The van der Waals surface area contributed by atoms with E-state index >= 15 is 0 Å². The van der Waals surface area contributed by atoms with Crippen molar-refractivity contribution in [3.05, 3.63) is 16.1 Å². The molecule has 18 heavy (non-hydrogen) atoms. The molecule has 3 heteroatoms. The standard InChI is InChI=1S/C15H25NOS/c1-15(2,3)14-16-12(10-18-14)13(17)9-11-7-5-4-6-8-11/h10-11,13,17H,4-9H2,1-3H3. The number of rotatable bonds is 3. The average molecular weight is 267 g/mol. The second-order valence-corrected chi connectivity index (χ2v) is 7.44. The van der Waals surface area contributed by atoms with Crippen molar-refractivity contribution in [3.8, 4) is 0 Å². The first-order valence-electron chi connectivity index (χ1n) is 7.11. The van der Waals surface area contributed by atoms with E-state index < -0.39 is 0 Å². The Balaban J connectivity index is 1.96. The molecule has 1 atom stereocenters. The van der Waals surface area contributed by atoms with Crippen molar-refractivity contribution in [2.75, 3.05) is 0 Å². The summed E-state index contributed by atoms with van der Waals surface area (Å²) in [7, 11) is 0. The molecule has 0 spiro atoms. The first kappa shape index (κ1) is 14.0. The number of hydrogen-bond donors (Lipinski definition) is 1. The highest BCUT2D eigenvalue weighted by molar-refractivity contribution is 7.09. The quantitative estimate of drug-likeness (QED) is 0.878. The van der Waals surface area contributed by atoms with Gasteiger partial charge in [-0.25, -0.2) is 4.98 Å². The van der Waals surface area contributed by atoms with Crippen LogP contribution in [0.4, 0.5) is 0 Å². The number of aliphatic hydroxyl groups is 1. The molecule has 0 bridgehead atoms. The van der Waals surface area contributed by atoms with Crippen LogP contribution in [0.25, 0.3) is 0 Å². The number of thiazole rings is 1. The minimum absolute atomic E-state index is 0.0907. The van der Waals surface area contributed by atoms with E-state index in [0.29, 0.717) is 5.92 Å². The molecular formula is C15H25NOS. The van der Waals surface area contributed by atoms with Crippen molar-refractivity contribution in [3.63, 3.8) is 0 Å². The molecule has 2 rings (SSSR count). The Bertz CT molecular complexity index is 374. The number of nitrogens with zero attached hydrogens (tertiary/aromatic N) is 1. The monoisotopic (exact) mass is 267 g/mol. The lowest BCUT2D eigenvalue weighted by Crippen LogP contribution is -2.13. The smallest absolute Gasteiger partial charge is 0.0983 e. The van der Waals surface area contributed by atoms with Crippen molar-refractivity contribution in [2.45, 2.75) is 70.8 Å². The summed E-state index contributed by atoms with van der Waals surface area (Å²) < 4.78 is 0. The molecule has 0 aromatic carbocycles. The van der Waals surface area contributed by atoms with Crippen molar-refractivity contribution in [2.24, 2.45) is 5.92 Å². The molecule has 1 saturated carbocycles. The van der Waals surface area contributed by atoms with Crippen molar-refractivity contribution < 1.29 is 5.11 Å². The van der Waals surface area contributed by atoms with E-state index in [1.54, 1.807) is 11.3 Å². The molecule has 1 heterocycles. The molecule has 1 aliphatic carbocycles. The van der Waals surface area contributed by atoms with Gasteiger partial charge in [0.25, 0.3) is 0 Å². The maximum absolute atomic E-state index is 10.3. The van der Waals surface area contributed by atoms with E-state index in [1.165, 1.54) is 32.1 Å². The van der Waals surface area contributed by atoms with Crippen molar-refractivity contribution in [1.29, 1.82) is 0 Å². The lowest BCUT2D eigenvalue weighted by molar-refractivity contribution is 0.128. The van der Waals surface area contributed by atoms with Gasteiger partial charge in [0.15, 0.2) is 0 Å². The van der Waals surface area contributed by atoms with Gasteiger partial charge < -0.3 is 5.11 Å². The Labute approximate surface area is 114 Å². The molecular weight excluding hydrogens is 242 g/mol. The summed E-state index contributed by atoms with van der Waals surface area (Å²) in [6.45, 7) is 6.51. The van der Waals surface area contributed by atoms with E-state index in [0.717, 1.165) is 17.1 Å². The highest BCUT2D eigenvalue weighted by atomic mass is 32.1. The van der Waals surface area contributed by atoms with Crippen LogP contribution in [0.3, 0.4) is 0 Å². The van der Waals surface area contributed by atoms with Gasteiger partial charge in [-0.1, -0.05) is 52.9 Å².